The second-order valence-corrected chi connectivity index (χ2v) is 5.56. The van der Waals surface area contributed by atoms with Gasteiger partial charge in [-0.05, 0) is 29.3 Å². The number of para-hydroxylation sites is 1. The summed E-state index contributed by atoms with van der Waals surface area (Å²) in [6, 6.07) is 16.2. The van der Waals surface area contributed by atoms with Gasteiger partial charge in [-0.1, -0.05) is 30.3 Å². The zero-order valence-corrected chi connectivity index (χ0v) is 13.0. The molecule has 114 valence electrons. The molecule has 22 heavy (non-hydrogen) atoms. The van der Waals surface area contributed by atoms with Gasteiger partial charge in [0.25, 0.3) is 0 Å². The van der Waals surface area contributed by atoms with Crippen molar-refractivity contribution in [2.75, 3.05) is 17.4 Å². The highest BCUT2D eigenvalue weighted by Crippen LogP contribution is 2.33. The van der Waals surface area contributed by atoms with E-state index in [0.29, 0.717) is 19.8 Å². The smallest absolute Gasteiger partial charge is 0.239 e. The van der Waals surface area contributed by atoms with Crippen molar-refractivity contribution >= 4 is 28.9 Å². The van der Waals surface area contributed by atoms with E-state index in [4.69, 9.17) is 17.3 Å². The summed E-state index contributed by atoms with van der Waals surface area (Å²) in [5, 5.41) is 0. The summed E-state index contributed by atoms with van der Waals surface area (Å²) in [4.78, 5) is 15.9. The Kier molecular flexibility index (Phi) is 4.32. The molecular formula is C17H18ClN3O. The first-order chi connectivity index (χ1) is 10.7. The maximum absolute atomic E-state index is 12.0. The average molecular weight is 316 g/mol. The lowest BCUT2D eigenvalue weighted by Crippen LogP contribution is -2.43. The minimum absolute atomic E-state index is 0.00114. The molecule has 0 spiro atoms. The SMILES string of the molecule is NCc1cccc(N2CN(C(=O)CCl)Cc3ccccc32)c1. The summed E-state index contributed by atoms with van der Waals surface area (Å²) < 4.78 is 0. The first kappa shape index (κ1) is 14.9. The zero-order chi connectivity index (χ0) is 15.5. The highest BCUT2D eigenvalue weighted by atomic mass is 35.5. The van der Waals surface area contributed by atoms with Gasteiger partial charge in [0.15, 0.2) is 0 Å². The minimum atomic E-state index is -0.0591. The molecule has 4 nitrogen and oxygen atoms in total. The number of amides is 1. The van der Waals surface area contributed by atoms with Crippen LogP contribution in [0.1, 0.15) is 11.1 Å². The fraction of sp³-hybridized carbons (Fsp3) is 0.235. The van der Waals surface area contributed by atoms with Gasteiger partial charge in [0, 0.05) is 24.5 Å². The molecule has 0 radical (unpaired) electrons. The number of halogens is 1. The van der Waals surface area contributed by atoms with Gasteiger partial charge >= 0.3 is 0 Å². The monoisotopic (exact) mass is 315 g/mol. The number of anilines is 2. The van der Waals surface area contributed by atoms with E-state index in [1.807, 2.05) is 36.4 Å². The molecular weight excluding hydrogens is 298 g/mol. The molecule has 0 bridgehead atoms. The van der Waals surface area contributed by atoms with Crippen LogP contribution in [0.4, 0.5) is 11.4 Å². The van der Waals surface area contributed by atoms with E-state index >= 15 is 0 Å². The topological polar surface area (TPSA) is 49.6 Å². The van der Waals surface area contributed by atoms with Crippen molar-refractivity contribution in [2.24, 2.45) is 5.73 Å². The van der Waals surface area contributed by atoms with Crippen molar-refractivity contribution in [3.05, 3.63) is 59.7 Å². The Labute approximate surface area is 135 Å². The Morgan fingerprint density at radius 2 is 2.00 bits per heavy atom. The number of nitrogens with two attached hydrogens (primary N) is 1. The molecule has 0 unspecified atom stereocenters. The van der Waals surface area contributed by atoms with Crippen molar-refractivity contribution < 1.29 is 4.79 Å². The summed E-state index contributed by atoms with van der Waals surface area (Å²) in [5.41, 5.74) is 10.1. The van der Waals surface area contributed by atoms with E-state index in [9.17, 15) is 4.79 Å². The van der Waals surface area contributed by atoms with Crippen LogP contribution in [-0.4, -0.2) is 23.4 Å². The van der Waals surface area contributed by atoms with Crippen LogP contribution < -0.4 is 10.6 Å². The quantitative estimate of drug-likeness (QED) is 0.886. The second-order valence-electron chi connectivity index (χ2n) is 5.30. The molecule has 1 aliphatic heterocycles. The molecule has 0 aliphatic carbocycles. The number of carbonyl (C=O) groups is 1. The van der Waals surface area contributed by atoms with Crippen LogP contribution in [0, 0.1) is 0 Å². The van der Waals surface area contributed by atoms with Crippen molar-refractivity contribution in [3.63, 3.8) is 0 Å². The molecule has 0 aromatic heterocycles. The van der Waals surface area contributed by atoms with Gasteiger partial charge in [-0.25, -0.2) is 0 Å². The summed E-state index contributed by atoms with van der Waals surface area (Å²) in [6.45, 7) is 1.58. The number of carbonyl (C=O) groups excluding carboxylic acids is 1. The van der Waals surface area contributed by atoms with Crippen LogP contribution in [0.3, 0.4) is 0 Å². The van der Waals surface area contributed by atoms with E-state index < -0.39 is 0 Å². The van der Waals surface area contributed by atoms with Crippen LogP contribution in [0.5, 0.6) is 0 Å². The molecule has 2 N–H and O–H groups in total. The van der Waals surface area contributed by atoms with Gasteiger partial charge in [0.2, 0.25) is 5.91 Å². The van der Waals surface area contributed by atoms with Gasteiger partial charge in [0.1, 0.15) is 5.88 Å². The molecule has 0 saturated heterocycles. The summed E-state index contributed by atoms with van der Waals surface area (Å²) in [6.07, 6.45) is 0. The average Bonchev–Trinajstić information content (AvgIpc) is 2.60. The molecule has 1 aliphatic rings. The first-order valence-electron chi connectivity index (χ1n) is 7.21. The second kappa shape index (κ2) is 6.38. The maximum Gasteiger partial charge on any atom is 0.239 e. The van der Waals surface area contributed by atoms with Gasteiger partial charge in [-0.2, -0.15) is 0 Å². The largest absolute Gasteiger partial charge is 0.326 e. The molecule has 2 aromatic rings. The highest BCUT2D eigenvalue weighted by molar-refractivity contribution is 6.27. The van der Waals surface area contributed by atoms with Gasteiger partial charge in [-0.15, -0.1) is 11.6 Å². The molecule has 0 saturated carbocycles. The lowest BCUT2D eigenvalue weighted by molar-refractivity contribution is -0.129. The summed E-state index contributed by atoms with van der Waals surface area (Å²) >= 11 is 5.73. The first-order valence-corrected chi connectivity index (χ1v) is 7.74. The third-order valence-electron chi connectivity index (χ3n) is 3.88. The fourth-order valence-electron chi connectivity index (χ4n) is 2.73. The highest BCUT2D eigenvalue weighted by Gasteiger charge is 2.26. The minimum Gasteiger partial charge on any atom is -0.326 e. The number of hydrogen-bond donors (Lipinski definition) is 1. The Morgan fingerprint density at radius 1 is 1.18 bits per heavy atom. The predicted octanol–water partition coefficient (Wildman–Crippen LogP) is 2.82. The van der Waals surface area contributed by atoms with Crippen LogP contribution >= 0.6 is 11.6 Å². The van der Waals surface area contributed by atoms with Crippen molar-refractivity contribution in [3.8, 4) is 0 Å². The lowest BCUT2D eigenvalue weighted by Gasteiger charge is -2.38. The maximum atomic E-state index is 12.0. The molecule has 2 aromatic carbocycles. The molecule has 3 rings (SSSR count). The summed E-state index contributed by atoms with van der Waals surface area (Å²) in [7, 11) is 0. The Hall–Kier alpha value is -2.04. The summed E-state index contributed by atoms with van der Waals surface area (Å²) in [5.74, 6) is -0.0603. The predicted molar refractivity (Wildman–Crippen MR) is 89.1 cm³/mol. The van der Waals surface area contributed by atoms with Gasteiger partial charge in [-0.3, -0.25) is 4.79 Å². The lowest BCUT2D eigenvalue weighted by atomic mass is 10.1. The molecule has 0 fully saturated rings. The van der Waals surface area contributed by atoms with Crippen LogP contribution in [0.2, 0.25) is 0 Å². The Morgan fingerprint density at radius 3 is 2.77 bits per heavy atom. The fourth-order valence-corrected chi connectivity index (χ4v) is 2.90. The van der Waals surface area contributed by atoms with Gasteiger partial charge in [0.05, 0.1) is 6.67 Å². The van der Waals surface area contributed by atoms with E-state index in [1.54, 1.807) is 4.90 Å². The van der Waals surface area contributed by atoms with E-state index in [0.717, 1.165) is 22.5 Å². The van der Waals surface area contributed by atoms with Crippen molar-refractivity contribution in [1.82, 2.24) is 4.90 Å². The molecule has 0 atom stereocenters. The van der Waals surface area contributed by atoms with E-state index in [-0.39, 0.29) is 11.8 Å². The Bertz CT molecular complexity index is 689. The number of nitrogens with zero attached hydrogens (tertiary/aromatic N) is 2. The van der Waals surface area contributed by atoms with Crippen LogP contribution in [-0.2, 0) is 17.9 Å². The number of alkyl halides is 1. The van der Waals surface area contributed by atoms with E-state index in [1.165, 1.54) is 0 Å². The molecule has 1 amide bonds. The normalized spacial score (nSPS) is 13.9. The molecule has 1 heterocycles. The number of hydrogen-bond acceptors (Lipinski definition) is 3. The van der Waals surface area contributed by atoms with Crippen molar-refractivity contribution in [2.45, 2.75) is 13.1 Å². The Balaban J connectivity index is 2.02. The number of benzene rings is 2. The number of rotatable bonds is 3. The van der Waals surface area contributed by atoms with Crippen molar-refractivity contribution in [1.29, 1.82) is 0 Å². The van der Waals surface area contributed by atoms with Crippen LogP contribution in [0.25, 0.3) is 0 Å². The van der Waals surface area contributed by atoms with E-state index in [2.05, 4.69) is 17.0 Å². The molecule has 5 heteroatoms. The third kappa shape index (κ3) is 2.80. The zero-order valence-electron chi connectivity index (χ0n) is 12.2. The van der Waals surface area contributed by atoms with Gasteiger partial charge < -0.3 is 15.5 Å². The third-order valence-corrected chi connectivity index (χ3v) is 4.11. The van der Waals surface area contributed by atoms with Crippen LogP contribution in [0.15, 0.2) is 48.5 Å². The standard InChI is InChI=1S/C17H18ClN3O/c18-9-17(22)20-11-14-5-1-2-7-16(14)21(12-20)15-6-3-4-13(8-15)10-19/h1-8H,9-12,19H2. The number of fused-ring (bicyclic) bond motifs is 1.